The number of amides is 1. The van der Waals surface area contributed by atoms with Crippen LogP contribution in [-0.2, 0) is 20.9 Å². The van der Waals surface area contributed by atoms with Gasteiger partial charge in [-0.2, -0.15) is 5.26 Å². The van der Waals surface area contributed by atoms with Gasteiger partial charge in [-0.1, -0.05) is 30.2 Å². The van der Waals surface area contributed by atoms with E-state index in [9.17, 15) is 14.9 Å². The Morgan fingerprint density at radius 1 is 1.25 bits per heavy atom. The van der Waals surface area contributed by atoms with Crippen molar-refractivity contribution in [3.8, 4) is 17.5 Å². The molecule has 1 N–H and O–H groups in total. The standard InChI is InChI=1S/C23H23N5O4/c1-4-10-28-15(2)11-18(16(28)3)12-19(13-24)22(30)31-14-20(29)25-23-27-26-21(32-23)17-8-6-5-7-9-17/h5-9,11-12H,4,10,14H2,1-3H3,(H,25,27,29)/b19-12+. The predicted octanol–water partition coefficient (Wildman–Crippen LogP) is 3.65. The molecule has 164 valence electrons. The second kappa shape index (κ2) is 10.2. The van der Waals surface area contributed by atoms with Crippen LogP contribution >= 0.6 is 0 Å². The van der Waals surface area contributed by atoms with Gasteiger partial charge in [-0.15, -0.1) is 5.10 Å². The maximum atomic E-state index is 12.3. The smallest absolute Gasteiger partial charge is 0.349 e. The number of hydrogen-bond donors (Lipinski definition) is 1. The van der Waals surface area contributed by atoms with Crippen LogP contribution in [0.15, 0.2) is 46.4 Å². The first kappa shape index (κ1) is 22.5. The minimum atomic E-state index is -0.890. The second-order valence-corrected chi connectivity index (χ2v) is 7.05. The molecule has 0 spiro atoms. The molecule has 3 aromatic rings. The van der Waals surface area contributed by atoms with Gasteiger partial charge in [0.05, 0.1) is 0 Å². The number of rotatable bonds is 8. The maximum Gasteiger partial charge on any atom is 0.349 e. The number of carbonyl (C=O) groups excluding carboxylic acids is 2. The molecule has 0 unspecified atom stereocenters. The largest absolute Gasteiger partial charge is 0.451 e. The topological polar surface area (TPSA) is 123 Å². The summed E-state index contributed by atoms with van der Waals surface area (Å²) in [5.74, 6) is -1.31. The molecule has 0 bridgehead atoms. The van der Waals surface area contributed by atoms with Crippen molar-refractivity contribution in [3.63, 3.8) is 0 Å². The molecular formula is C23H23N5O4. The first-order chi connectivity index (χ1) is 15.4. The molecule has 3 rings (SSSR count). The fraction of sp³-hybridized carbons (Fsp3) is 0.261. The Bertz CT molecular complexity index is 1180. The molecule has 2 aromatic heterocycles. The van der Waals surface area contributed by atoms with E-state index in [0.29, 0.717) is 5.56 Å². The highest BCUT2D eigenvalue weighted by Gasteiger charge is 2.17. The number of nitriles is 1. The summed E-state index contributed by atoms with van der Waals surface area (Å²) in [6, 6.07) is 12.7. The number of hydrogen-bond acceptors (Lipinski definition) is 7. The van der Waals surface area contributed by atoms with Crippen molar-refractivity contribution < 1.29 is 18.7 Å². The number of ether oxygens (including phenoxy) is 1. The number of nitrogens with zero attached hydrogens (tertiary/aromatic N) is 4. The van der Waals surface area contributed by atoms with E-state index in [1.807, 2.05) is 44.2 Å². The first-order valence-electron chi connectivity index (χ1n) is 10.1. The Kier molecular flexibility index (Phi) is 7.18. The van der Waals surface area contributed by atoms with Crippen LogP contribution in [-0.4, -0.2) is 33.2 Å². The summed E-state index contributed by atoms with van der Waals surface area (Å²) in [7, 11) is 0. The van der Waals surface area contributed by atoms with E-state index < -0.39 is 18.5 Å². The van der Waals surface area contributed by atoms with Gasteiger partial charge in [0.25, 0.3) is 5.91 Å². The van der Waals surface area contributed by atoms with Gasteiger partial charge in [0.15, 0.2) is 6.61 Å². The number of anilines is 1. The van der Waals surface area contributed by atoms with Crippen molar-refractivity contribution in [1.82, 2.24) is 14.8 Å². The van der Waals surface area contributed by atoms with Crippen molar-refractivity contribution in [2.75, 3.05) is 11.9 Å². The molecule has 0 aliphatic heterocycles. The molecule has 0 radical (unpaired) electrons. The molecule has 0 aliphatic rings. The van der Waals surface area contributed by atoms with Gasteiger partial charge in [0, 0.05) is 23.5 Å². The zero-order chi connectivity index (χ0) is 23.1. The van der Waals surface area contributed by atoms with Gasteiger partial charge in [0.1, 0.15) is 11.6 Å². The molecule has 9 heteroatoms. The number of benzene rings is 1. The average molecular weight is 433 g/mol. The average Bonchev–Trinajstić information content (AvgIpc) is 3.36. The Hall–Kier alpha value is -4.19. The lowest BCUT2D eigenvalue weighted by Gasteiger charge is -2.07. The Morgan fingerprint density at radius 2 is 2.00 bits per heavy atom. The van der Waals surface area contributed by atoms with E-state index in [2.05, 4.69) is 27.0 Å². The molecule has 0 atom stereocenters. The van der Waals surface area contributed by atoms with Gasteiger partial charge >= 0.3 is 12.0 Å². The number of carbonyl (C=O) groups is 2. The Morgan fingerprint density at radius 3 is 2.69 bits per heavy atom. The first-order valence-corrected chi connectivity index (χ1v) is 10.1. The number of aryl methyl sites for hydroxylation is 1. The van der Waals surface area contributed by atoms with Crippen molar-refractivity contribution in [2.24, 2.45) is 0 Å². The monoisotopic (exact) mass is 433 g/mol. The fourth-order valence-corrected chi connectivity index (χ4v) is 3.17. The third-order valence-corrected chi connectivity index (χ3v) is 4.73. The third kappa shape index (κ3) is 5.29. The van der Waals surface area contributed by atoms with E-state index in [1.165, 1.54) is 6.08 Å². The summed E-state index contributed by atoms with van der Waals surface area (Å²) in [6.07, 6.45) is 2.44. The maximum absolute atomic E-state index is 12.3. The highest BCUT2D eigenvalue weighted by molar-refractivity contribution is 6.00. The van der Waals surface area contributed by atoms with Gasteiger partial charge in [0.2, 0.25) is 5.89 Å². The lowest BCUT2D eigenvalue weighted by Crippen LogP contribution is -2.21. The van der Waals surface area contributed by atoms with E-state index in [0.717, 1.165) is 29.9 Å². The summed E-state index contributed by atoms with van der Waals surface area (Å²) in [5.41, 5.74) is 3.25. The van der Waals surface area contributed by atoms with Crippen LogP contribution in [0, 0.1) is 25.2 Å². The lowest BCUT2D eigenvalue weighted by molar-refractivity contribution is -0.142. The number of aromatic nitrogens is 3. The van der Waals surface area contributed by atoms with E-state index in [-0.39, 0.29) is 17.5 Å². The van der Waals surface area contributed by atoms with Crippen LogP contribution in [0.5, 0.6) is 0 Å². The molecule has 1 amide bonds. The predicted molar refractivity (Wildman–Crippen MR) is 117 cm³/mol. The molecule has 32 heavy (non-hydrogen) atoms. The molecule has 0 aliphatic carbocycles. The Balaban J connectivity index is 1.60. The Labute approximate surface area is 185 Å². The molecule has 0 saturated heterocycles. The zero-order valence-corrected chi connectivity index (χ0v) is 18.1. The molecule has 9 nitrogen and oxygen atoms in total. The van der Waals surface area contributed by atoms with E-state index in [1.54, 1.807) is 12.1 Å². The fourth-order valence-electron chi connectivity index (χ4n) is 3.17. The third-order valence-electron chi connectivity index (χ3n) is 4.73. The summed E-state index contributed by atoms with van der Waals surface area (Å²) in [6.45, 7) is 6.22. The van der Waals surface area contributed by atoms with Crippen molar-refractivity contribution in [3.05, 3.63) is 58.9 Å². The molecular weight excluding hydrogens is 410 g/mol. The zero-order valence-electron chi connectivity index (χ0n) is 18.1. The highest BCUT2D eigenvalue weighted by atomic mass is 16.5. The number of nitrogens with one attached hydrogen (secondary N) is 1. The van der Waals surface area contributed by atoms with E-state index >= 15 is 0 Å². The normalized spacial score (nSPS) is 11.1. The highest BCUT2D eigenvalue weighted by Crippen LogP contribution is 2.20. The lowest BCUT2D eigenvalue weighted by atomic mass is 10.1. The van der Waals surface area contributed by atoms with E-state index in [4.69, 9.17) is 9.15 Å². The van der Waals surface area contributed by atoms with Crippen molar-refractivity contribution in [1.29, 1.82) is 5.26 Å². The molecule has 0 saturated carbocycles. The molecule has 2 heterocycles. The van der Waals surface area contributed by atoms with Crippen LogP contribution in [0.4, 0.5) is 6.01 Å². The minimum Gasteiger partial charge on any atom is -0.451 e. The molecule has 1 aromatic carbocycles. The van der Waals surface area contributed by atoms with Gasteiger partial charge in [-0.25, -0.2) is 4.79 Å². The van der Waals surface area contributed by atoms with Crippen molar-refractivity contribution in [2.45, 2.75) is 33.7 Å². The van der Waals surface area contributed by atoms with Crippen LogP contribution in [0.2, 0.25) is 0 Å². The SMILES string of the molecule is CCCn1c(C)cc(/C=C(\C#N)C(=O)OCC(=O)Nc2nnc(-c3ccccc3)o2)c1C. The molecule has 0 fully saturated rings. The quantitative estimate of drug-likeness (QED) is 0.327. The summed E-state index contributed by atoms with van der Waals surface area (Å²) in [4.78, 5) is 24.4. The second-order valence-electron chi connectivity index (χ2n) is 7.05. The van der Waals surface area contributed by atoms with Gasteiger partial charge in [-0.05, 0) is 50.1 Å². The summed E-state index contributed by atoms with van der Waals surface area (Å²) < 4.78 is 12.5. The van der Waals surface area contributed by atoms with Crippen molar-refractivity contribution >= 4 is 24.0 Å². The van der Waals surface area contributed by atoms with Gasteiger partial charge < -0.3 is 13.7 Å². The van der Waals surface area contributed by atoms with Crippen LogP contribution in [0.25, 0.3) is 17.5 Å². The van der Waals surface area contributed by atoms with Crippen LogP contribution in [0.3, 0.4) is 0 Å². The van der Waals surface area contributed by atoms with Crippen LogP contribution < -0.4 is 5.32 Å². The summed E-state index contributed by atoms with van der Waals surface area (Å²) >= 11 is 0. The summed E-state index contributed by atoms with van der Waals surface area (Å²) in [5, 5.41) is 19.4. The van der Waals surface area contributed by atoms with Gasteiger partial charge in [-0.3, -0.25) is 10.1 Å². The minimum absolute atomic E-state index is 0.121. The number of esters is 1. The van der Waals surface area contributed by atoms with Crippen LogP contribution in [0.1, 0.15) is 30.3 Å².